The summed E-state index contributed by atoms with van der Waals surface area (Å²) in [6.45, 7) is 2.00. The monoisotopic (exact) mass is 354 g/mol. The lowest BCUT2D eigenvalue weighted by Gasteiger charge is -2.11. The lowest BCUT2D eigenvalue weighted by Crippen LogP contribution is -2.33. The standard InChI is InChI=1S/C19H18N2O3S/c1-13-7-9-14(10-8-13)11-12-17(22)21-19(25)20-16-6-4-3-5-15(16)18(23)24-2/h3-12H,1-2H3,(H2,20,21,22,25)/b12-11+. The number of hydrogen-bond donors (Lipinski definition) is 2. The Morgan fingerprint density at radius 1 is 1.08 bits per heavy atom. The quantitative estimate of drug-likeness (QED) is 0.501. The van der Waals surface area contributed by atoms with Crippen LogP contribution in [0.1, 0.15) is 21.5 Å². The van der Waals surface area contributed by atoms with E-state index in [1.54, 1.807) is 30.3 Å². The number of para-hydroxylation sites is 1. The Kier molecular flexibility index (Phi) is 6.42. The van der Waals surface area contributed by atoms with Crippen LogP contribution in [0.15, 0.2) is 54.6 Å². The first kappa shape index (κ1) is 18.4. The molecule has 25 heavy (non-hydrogen) atoms. The van der Waals surface area contributed by atoms with E-state index in [2.05, 4.69) is 10.6 Å². The number of hydrogen-bond acceptors (Lipinski definition) is 4. The maximum Gasteiger partial charge on any atom is 0.339 e. The predicted octanol–water partition coefficient (Wildman–Crippen LogP) is 3.31. The van der Waals surface area contributed by atoms with E-state index in [4.69, 9.17) is 17.0 Å². The van der Waals surface area contributed by atoms with Crippen molar-refractivity contribution in [1.29, 1.82) is 0 Å². The van der Waals surface area contributed by atoms with E-state index in [1.807, 2.05) is 31.2 Å². The summed E-state index contributed by atoms with van der Waals surface area (Å²) < 4.78 is 4.71. The molecule has 0 heterocycles. The van der Waals surface area contributed by atoms with Crippen LogP contribution in [0, 0.1) is 6.92 Å². The van der Waals surface area contributed by atoms with Gasteiger partial charge in [-0.05, 0) is 42.9 Å². The van der Waals surface area contributed by atoms with E-state index in [9.17, 15) is 9.59 Å². The van der Waals surface area contributed by atoms with Gasteiger partial charge in [-0.15, -0.1) is 0 Å². The molecule has 0 aliphatic heterocycles. The zero-order valence-corrected chi connectivity index (χ0v) is 14.7. The summed E-state index contributed by atoms with van der Waals surface area (Å²) >= 11 is 5.11. The number of carbonyl (C=O) groups is 2. The van der Waals surface area contributed by atoms with Crippen LogP contribution in [0.4, 0.5) is 5.69 Å². The molecular formula is C19H18N2O3S. The van der Waals surface area contributed by atoms with Gasteiger partial charge in [0, 0.05) is 6.08 Å². The highest BCUT2D eigenvalue weighted by Gasteiger charge is 2.12. The zero-order valence-electron chi connectivity index (χ0n) is 13.9. The van der Waals surface area contributed by atoms with Crippen LogP contribution in [0.3, 0.4) is 0 Å². The van der Waals surface area contributed by atoms with Gasteiger partial charge in [0.05, 0.1) is 18.4 Å². The molecule has 0 spiro atoms. The van der Waals surface area contributed by atoms with Crippen LogP contribution < -0.4 is 10.6 Å². The van der Waals surface area contributed by atoms with Crippen molar-refractivity contribution < 1.29 is 14.3 Å². The molecule has 2 aromatic rings. The summed E-state index contributed by atoms with van der Waals surface area (Å²) in [5.41, 5.74) is 2.85. The number of amides is 1. The number of carbonyl (C=O) groups excluding carboxylic acids is 2. The maximum atomic E-state index is 11.9. The second kappa shape index (κ2) is 8.75. The number of rotatable bonds is 4. The summed E-state index contributed by atoms with van der Waals surface area (Å²) in [6, 6.07) is 14.5. The van der Waals surface area contributed by atoms with Crippen molar-refractivity contribution in [3.63, 3.8) is 0 Å². The molecule has 0 saturated heterocycles. The average Bonchev–Trinajstić information content (AvgIpc) is 2.61. The molecule has 0 bridgehead atoms. The highest BCUT2D eigenvalue weighted by molar-refractivity contribution is 7.80. The summed E-state index contributed by atoms with van der Waals surface area (Å²) in [7, 11) is 1.30. The van der Waals surface area contributed by atoms with Crippen molar-refractivity contribution in [3.05, 3.63) is 71.3 Å². The minimum Gasteiger partial charge on any atom is -0.465 e. The molecule has 0 unspecified atom stereocenters. The molecule has 5 nitrogen and oxygen atoms in total. The van der Waals surface area contributed by atoms with Crippen molar-refractivity contribution in [1.82, 2.24) is 5.32 Å². The van der Waals surface area contributed by atoms with Crippen LogP contribution in [0.25, 0.3) is 6.08 Å². The normalized spacial score (nSPS) is 10.3. The summed E-state index contributed by atoms with van der Waals surface area (Å²) in [5, 5.41) is 5.46. The largest absolute Gasteiger partial charge is 0.465 e. The Bertz CT molecular complexity index is 814. The van der Waals surface area contributed by atoms with E-state index >= 15 is 0 Å². The number of thiocarbonyl (C=S) groups is 1. The summed E-state index contributed by atoms with van der Waals surface area (Å²) in [6.07, 6.45) is 3.09. The third kappa shape index (κ3) is 5.54. The molecule has 2 N–H and O–H groups in total. The molecule has 2 aromatic carbocycles. The fraction of sp³-hybridized carbons (Fsp3) is 0.105. The fourth-order valence-corrected chi connectivity index (χ4v) is 2.25. The topological polar surface area (TPSA) is 67.4 Å². The molecule has 1 amide bonds. The van der Waals surface area contributed by atoms with Gasteiger partial charge in [0.25, 0.3) is 0 Å². The van der Waals surface area contributed by atoms with E-state index < -0.39 is 5.97 Å². The Balaban J connectivity index is 1.97. The molecule has 0 aliphatic rings. The van der Waals surface area contributed by atoms with Crippen molar-refractivity contribution >= 4 is 41.0 Å². The maximum absolute atomic E-state index is 11.9. The van der Waals surface area contributed by atoms with Gasteiger partial charge in [-0.3, -0.25) is 10.1 Å². The first-order valence-corrected chi connectivity index (χ1v) is 7.94. The second-order valence-electron chi connectivity index (χ2n) is 5.22. The molecule has 0 atom stereocenters. The second-order valence-corrected chi connectivity index (χ2v) is 5.63. The highest BCUT2D eigenvalue weighted by atomic mass is 32.1. The molecule has 128 valence electrons. The number of nitrogens with one attached hydrogen (secondary N) is 2. The molecule has 6 heteroatoms. The molecule has 0 aliphatic carbocycles. The first-order chi connectivity index (χ1) is 12.0. The van der Waals surface area contributed by atoms with Crippen LogP contribution in [-0.2, 0) is 9.53 Å². The lowest BCUT2D eigenvalue weighted by molar-refractivity contribution is -0.115. The molecular weight excluding hydrogens is 336 g/mol. The van der Waals surface area contributed by atoms with E-state index in [0.717, 1.165) is 11.1 Å². The van der Waals surface area contributed by atoms with Gasteiger partial charge >= 0.3 is 5.97 Å². The summed E-state index contributed by atoms with van der Waals surface area (Å²) in [4.78, 5) is 23.7. The number of aryl methyl sites for hydroxylation is 1. The van der Waals surface area contributed by atoms with E-state index in [1.165, 1.54) is 13.2 Å². The fourth-order valence-electron chi connectivity index (χ4n) is 2.04. The number of anilines is 1. The number of esters is 1. The van der Waals surface area contributed by atoms with Crippen LogP contribution in [-0.4, -0.2) is 24.1 Å². The van der Waals surface area contributed by atoms with Crippen LogP contribution >= 0.6 is 12.2 Å². The highest BCUT2D eigenvalue weighted by Crippen LogP contribution is 2.15. The average molecular weight is 354 g/mol. The van der Waals surface area contributed by atoms with Gasteiger partial charge in [-0.2, -0.15) is 0 Å². The van der Waals surface area contributed by atoms with Gasteiger partial charge in [-0.25, -0.2) is 4.79 Å². The Morgan fingerprint density at radius 2 is 1.76 bits per heavy atom. The number of benzene rings is 2. The SMILES string of the molecule is COC(=O)c1ccccc1NC(=S)NC(=O)/C=C/c1ccc(C)cc1. The Labute approximate surface area is 151 Å². The van der Waals surface area contributed by atoms with Crippen molar-refractivity contribution in [2.75, 3.05) is 12.4 Å². The predicted molar refractivity (Wildman–Crippen MR) is 102 cm³/mol. The third-order valence-electron chi connectivity index (χ3n) is 3.32. The van der Waals surface area contributed by atoms with Gasteiger partial charge in [0.1, 0.15) is 0 Å². The zero-order chi connectivity index (χ0) is 18.2. The summed E-state index contributed by atoms with van der Waals surface area (Å²) in [5.74, 6) is -0.856. The lowest BCUT2D eigenvalue weighted by atomic mass is 10.1. The smallest absolute Gasteiger partial charge is 0.339 e. The molecule has 0 fully saturated rings. The Hall–Kier alpha value is -2.99. The van der Waals surface area contributed by atoms with Gasteiger partial charge < -0.3 is 10.1 Å². The van der Waals surface area contributed by atoms with Crippen LogP contribution in [0.5, 0.6) is 0 Å². The molecule has 0 radical (unpaired) electrons. The molecule has 2 rings (SSSR count). The van der Waals surface area contributed by atoms with Crippen molar-refractivity contribution in [2.45, 2.75) is 6.92 Å². The Morgan fingerprint density at radius 3 is 2.44 bits per heavy atom. The van der Waals surface area contributed by atoms with Crippen molar-refractivity contribution in [3.8, 4) is 0 Å². The van der Waals surface area contributed by atoms with Crippen molar-refractivity contribution in [2.24, 2.45) is 0 Å². The third-order valence-corrected chi connectivity index (χ3v) is 3.53. The first-order valence-electron chi connectivity index (χ1n) is 7.53. The minimum absolute atomic E-state index is 0.0925. The van der Waals surface area contributed by atoms with E-state index in [0.29, 0.717) is 11.3 Å². The number of methoxy groups -OCH3 is 1. The van der Waals surface area contributed by atoms with Gasteiger partial charge in [0.15, 0.2) is 5.11 Å². The van der Waals surface area contributed by atoms with Gasteiger partial charge in [0.2, 0.25) is 5.91 Å². The number of ether oxygens (including phenoxy) is 1. The molecule has 0 aromatic heterocycles. The molecule has 0 saturated carbocycles. The van der Waals surface area contributed by atoms with Crippen LogP contribution in [0.2, 0.25) is 0 Å². The minimum atomic E-state index is -0.489. The van der Waals surface area contributed by atoms with Gasteiger partial charge in [-0.1, -0.05) is 42.0 Å². The van der Waals surface area contributed by atoms with E-state index in [-0.39, 0.29) is 11.0 Å².